The first kappa shape index (κ1) is 23.8. The number of aliphatic imine (C=N–C) groups is 1. The molecule has 2 aromatic carbocycles. The zero-order valence-corrected chi connectivity index (χ0v) is 19.3. The van der Waals surface area contributed by atoms with Crippen molar-refractivity contribution in [1.29, 1.82) is 0 Å². The Labute approximate surface area is 184 Å². The van der Waals surface area contributed by atoms with E-state index in [1.807, 2.05) is 30.0 Å². The summed E-state index contributed by atoms with van der Waals surface area (Å²) in [6.45, 7) is 5.70. The van der Waals surface area contributed by atoms with Crippen molar-refractivity contribution in [2.75, 3.05) is 25.1 Å². The lowest BCUT2D eigenvalue weighted by Gasteiger charge is -2.12. The van der Waals surface area contributed by atoms with Crippen molar-refractivity contribution in [3.8, 4) is 0 Å². The molecule has 0 unspecified atom stereocenters. The van der Waals surface area contributed by atoms with E-state index < -0.39 is 0 Å². The molecule has 0 aliphatic rings. The van der Waals surface area contributed by atoms with Crippen LogP contribution < -0.4 is 10.6 Å². The predicted octanol–water partition coefficient (Wildman–Crippen LogP) is 4.44. The van der Waals surface area contributed by atoms with Crippen LogP contribution >= 0.6 is 35.7 Å². The van der Waals surface area contributed by atoms with E-state index in [1.165, 1.54) is 16.7 Å². The maximum atomic E-state index is 5.90. The third-order valence-electron chi connectivity index (χ3n) is 3.84. The Morgan fingerprint density at radius 1 is 0.963 bits per heavy atom. The largest absolute Gasteiger partial charge is 0.372 e. The summed E-state index contributed by atoms with van der Waals surface area (Å²) in [5, 5.41) is 6.66. The summed E-state index contributed by atoms with van der Waals surface area (Å²) in [5.74, 6) is 1.93. The van der Waals surface area contributed by atoms with Gasteiger partial charge in [0.1, 0.15) is 0 Å². The van der Waals surface area contributed by atoms with E-state index in [2.05, 4.69) is 60.2 Å². The summed E-state index contributed by atoms with van der Waals surface area (Å²) in [7, 11) is 0. The summed E-state index contributed by atoms with van der Waals surface area (Å²) in [4.78, 5) is 4.71. The van der Waals surface area contributed by atoms with Gasteiger partial charge in [-0.15, -0.1) is 24.0 Å². The molecule has 0 saturated carbocycles. The van der Waals surface area contributed by atoms with Gasteiger partial charge in [0, 0.05) is 18.8 Å². The van der Waals surface area contributed by atoms with E-state index in [0.29, 0.717) is 19.8 Å². The van der Waals surface area contributed by atoms with Crippen molar-refractivity contribution < 1.29 is 4.74 Å². The minimum absolute atomic E-state index is 0. The van der Waals surface area contributed by atoms with E-state index in [9.17, 15) is 0 Å². The number of halogens is 1. The van der Waals surface area contributed by atoms with Crippen LogP contribution in [0.2, 0.25) is 0 Å². The van der Waals surface area contributed by atoms with Crippen LogP contribution in [-0.4, -0.2) is 31.1 Å². The molecule has 2 rings (SSSR count). The Bertz CT molecular complexity index is 667. The summed E-state index contributed by atoms with van der Waals surface area (Å²) in [6.07, 6.45) is 2.11. The van der Waals surface area contributed by atoms with E-state index >= 15 is 0 Å². The van der Waals surface area contributed by atoms with Gasteiger partial charge in [0.2, 0.25) is 0 Å². The molecule has 2 N–H and O–H groups in total. The maximum Gasteiger partial charge on any atom is 0.191 e. The lowest BCUT2D eigenvalue weighted by atomic mass is 10.1. The van der Waals surface area contributed by atoms with Gasteiger partial charge in [-0.1, -0.05) is 54.6 Å². The summed E-state index contributed by atoms with van der Waals surface area (Å²) in [5.41, 5.74) is 3.57. The number of hydrogen-bond donors (Lipinski definition) is 2. The number of guanidine groups is 1. The van der Waals surface area contributed by atoms with Crippen LogP contribution in [0.1, 0.15) is 23.6 Å². The number of hydrogen-bond acceptors (Lipinski definition) is 3. The average Bonchev–Trinajstić information content (AvgIpc) is 2.68. The maximum absolute atomic E-state index is 5.90. The third kappa shape index (κ3) is 9.48. The molecule has 0 spiro atoms. The molecular weight excluding hydrogens is 469 g/mol. The standard InChI is InChI=1S/C21H29N3OS.HI/c1-3-22-21(23-13-14-26-2)24-15-19-11-7-8-12-20(19)17-25-16-18-9-5-4-6-10-18;/h4-12H,3,13-17H2,1-2H3,(H2,22,23,24);1H. The summed E-state index contributed by atoms with van der Waals surface area (Å²) in [6, 6.07) is 18.6. The van der Waals surface area contributed by atoms with Crippen molar-refractivity contribution >= 4 is 41.7 Å². The quantitative estimate of drug-likeness (QED) is 0.220. The smallest absolute Gasteiger partial charge is 0.191 e. The van der Waals surface area contributed by atoms with E-state index in [1.54, 1.807) is 0 Å². The molecular formula is C21H30IN3OS. The summed E-state index contributed by atoms with van der Waals surface area (Å²) < 4.78 is 5.90. The molecule has 0 aromatic heterocycles. The summed E-state index contributed by atoms with van der Waals surface area (Å²) >= 11 is 1.82. The van der Waals surface area contributed by atoms with Crippen molar-refractivity contribution in [3.63, 3.8) is 0 Å². The van der Waals surface area contributed by atoms with Gasteiger partial charge in [-0.3, -0.25) is 0 Å². The highest BCUT2D eigenvalue weighted by Crippen LogP contribution is 2.13. The van der Waals surface area contributed by atoms with E-state index in [0.717, 1.165) is 24.8 Å². The van der Waals surface area contributed by atoms with Crippen LogP contribution in [0.3, 0.4) is 0 Å². The van der Waals surface area contributed by atoms with Crippen LogP contribution in [0.25, 0.3) is 0 Å². The number of thioether (sulfide) groups is 1. The van der Waals surface area contributed by atoms with Gasteiger partial charge >= 0.3 is 0 Å². The molecule has 0 aliphatic carbocycles. The molecule has 0 heterocycles. The second-order valence-electron chi connectivity index (χ2n) is 5.86. The molecule has 4 nitrogen and oxygen atoms in total. The highest BCUT2D eigenvalue weighted by atomic mass is 127. The molecule has 0 amide bonds. The molecule has 2 aromatic rings. The van der Waals surface area contributed by atoms with Crippen LogP contribution in [0.5, 0.6) is 0 Å². The second-order valence-corrected chi connectivity index (χ2v) is 6.85. The fraction of sp³-hybridized carbons (Fsp3) is 0.381. The van der Waals surface area contributed by atoms with Gasteiger partial charge in [0.05, 0.1) is 19.8 Å². The van der Waals surface area contributed by atoms with Crippen LogP contribution in [0, 0.1) is 0 Å². The Hall–Kier alpha value is -1.25. The molecule has 148 valence electrons. The first-order valence-corrected chi connectivity index (χ1v) is 10.4. The number of benzene rings is 2. The minimum atomic E-state index is 0. The Balaban J connectivity index is 0.00000364. The van der Waals surface area contributed by atoms with E-state index in [4.69, 9.17) is 9.73 Å². The fourth-order valence-electron chi connectivity index (χ4n) is 2.48. The Morgan fingerprint density at radius 3 is 2.37 bits per heavy atom. The number of rotatable bonds is 10. The molecule has 0 radical (unpaired) electrons. The molecule has 0 fully saturated rings. The molecule has 6 heteroatoms. The first-order valence-electron chi connectivity index (χ1n) is 9.03. The Kier molecular flexibility index (Phi) is 13.0. The predicted molar refractivity (Wildman–Crippen MR) is 128 cm³/mol. The van der Waals surface area contributed by atoms with Crippen molar-refractivity contribution in [1.82, 2.24) is 10.6 Å². The van der Waals surface area contributed by atoms with Crippen LogP contribution in [0.4, 0.5) is 0 Å². The monoisotopic (exact) mass is 499 g/mol. The SMILES string of the molecule is CCNC(=NCc1ccccc1COCc1ccccc1)NCCSC.I. The Morgan fingerprint density at radius 2 is 1.67 bits per heavy atom. The van der Waals surface area contributed by atoms with Crippen molar-refractivity contribution in [2.24, 2.45) is 4.99 Å². The lowest BCUT2D eigenvalue weighted by molar-refractivity contribution is 0.106. The van der Waals surface area contributed by atoms with Crippen molar-refractivity contribution in [3.05, 3.63) is 71.3 Å². The van der Waals surface area contributed by atoms with Gasteiger partial charge in [-0.05, 0) is 29.9 Å². The number of nitrogens with one attached hydrogen (secondary N) is 2. The lowest BCUT2D eigenvalue weighted by Crippen LogP contribution is -2.38. The number of nitrogens with zero attached hydrogens (tertiary/aromatic N) is 1. The van der Waals surface area contributed by atoms with Gasteiger partial charge < -0.3 is 15.4 Å². The first-order chi connectivity index (χ1) is 12.8. The zero-order valence-electron chi connectivity index (χ0n) is 16.1. The van der Waals surface area contributed by atoms with Crippen molar-refractivity contribution in [2.45, 2.75) is 26.7 Å². The van der Waals surface area contributed by atoms with Gasteiger partial charge in [-0.25, -0.2) is 4.99 Å². The fourth-order valence-corrected chi connectivity index (χ4v) is 2.79. The van der Waals surface area contributed by atoms with Gasteiger partial charge in [-0.2, -0.15) is 11.8 Å². The van der Waals surface area contributed by atoms with Crippen LogP contribution in [-0.2, 0) is 24.5 Å². The number of ether oxygens (including phenoxy) is 1. The molecule has 0 saturated heterocycles. The highest BCUT2D eigenvalue weighted by Gasteiger charge is 2.03. The minimum Gasteiger partial charge on any atom is -0.372 e. The van der Waals surface area contributed by atoms with Crippen LogP contribution in [0.15, 0.2) is 59.6 Å². The molecule has 0 atom stereocenters. The second kappa shape index (κ2) is 14.8. The topological polar surface area (TPSA) is 45.7 Å². The van der Waals surface area contributed by atoms with E-state index in [-0.39, 0.29) is 24.0 Å². The van der Waals surface area contributed by atoms with Gasteiger partial charge in [0.15, 0.2) is 5.96 Å². The van der Waals surface area contributed by atoms with Gasteiger partial charge in [0.25, 0.3) is 0 Å². The zero-order chi connectivity index (χ0) is 18.5. The average molecular weight is 499 g/mol. The molecule has 0 aliphatic heterocycles. The highest BCUT2D eigenvalue weighted by molar-refractivity contribution is 14.0. The normalized spacial score (nSPS) is 11.0. The third-order valence-corrected chi connectivity index (χ3v) is 4.45. The molecule has 27 heavy (non-hydrogen) atoms. The molecule has 0 bridgehead atoms.